The summed E-state index contributed by atoms with van der Waals surface area (Å²) in [5.41, 5.74) is 2.43. The van der Waals surface area contributed by atoms with Gasteiger partial charge in [0.2, 0.25) is 0 Å². The van der Waals surface area contributed by atoms with Gasteiger partial charge in [-0.05, 0) is 61.4 Å². The van der Waals surface area contributed by atoms with E-state index in [1.165, 1.54) is 31.2 Å². The van der Waals surface area contributed by atoms with Gasteiger partial charge in [-0.25, -0.2) is 0 Å². The highest BCUT2D eigenvalue weighted by Gasteiger charge is 2.21. The molecule has 0 heterocycles. The van der Waals surface area contributed by atoms with Crippen molar-refractivity contribution in [1.82, 2.24) is 5.32 Å². The molecule has 0 amide bonds. The molecular weight excluding hydrogens is 282 g/mol. The van der Waals surface area contributed by atoms with Crippen LogP contribution in [0.4, 0.5) is 0 Å². The zero-order chi connectivity index (χ0) is 15.9. The number of rotatable bonds is 3. The van der Waals surface area contributed by atoms with Crippen LogP contribution >= 0.6 is 0 Å². The molecule has 0 aromatic heterocycles. The molecule has 1 aliphatic carbocycles. The van der Waals surface area contributed by atoms with Crippen LogP contribution in [0.25, 0.3) is 0 Å². The lowest BCUT2D eigenvalue weighted by molar-refractivity contribution is 0.352. The first-order valence-electron chi connectivity index (χ1n) is 8.37. The van der Waals surface area contributed by atoms with Crippen molar-refractivity contribution in [2.24, 2.45) is 0 Å². The number of phenolic OH excluding ortho intramolecular Hbond substituents is 1. The van der Waals surface area contributed by atoms with Crippen molar-refractivity contribution in [3.05, 3.63) is 65.7 Å². The normalized spacial score (nSPS) is 20.5. The van der Waals surface area contributed by atoms with E-state index < -0.39 is 0 Å². The summed E-state index contributed by atoms with van der Waals surface area (Å²) in [5.74, 6) is 7.37. The maximum Gasteiger partial charge on any atom is 0.115 e. The zero-order valence-corrected chi connectivity index (χ0v) is 13.3. The first-order chi connectivity index (χ1) is 11.3. The Balaban J connectivity index is 1.43. The molecule has 2 N–H and O–H groups in total. The van der Waals surface area contributed by atoms with Gasteiger partial charge in [0.15, 0.2) is 0 Å². The van der Waals surface area contributed by atoms with E-state index in [0.717, 1.165) is 12.1 Å². The fourth-order valence-electron chi connectivity index (χ4n) is 3.24. The van der Waals surface area contributed by atoms with Gasteiger partial charge >= 0.3 is 0 Å². The Hall–Kier alpha value is -2.24. The predicted octanol–water partition coefficient (Wildman–Crippen LogP) is 4.06. The SMILES string of the molecule is Oc1ccc(C2CCC(NCC#Cc3ccccc3)CC2)cc1. The second-order valence-corrected chi connectivity index (χ2v) is 6.19. The molecule has 1 saturated carbocycles. The number of hydrogen-bond acceptors (Lipinski definition) is 2. The van der Waals surface area contributed by atoms with Gasteiger partial charge < -0.3 is 10.4 Å². The Morgan fingerprint density at radius 3 is 2.30 bits per heavy atom. The molecule has 1 fully saturated rings. The molecule has 0 saturated heterocycles. The predicted molar refractivity (Wildman–Crippen MR) is 94.4 cm³/mol. The molecule has 2 heteroatoms. The van der Waals surface area contributed by atoms with Crippen LogP contribution in [0.2, 0.25) is 0 Å². The summed E-state index contributed by atoms with van der Waals surface area (Å²) in [5, 5.41) is 12.9. The van der Waals surface area contributed by atoms with Crippen molar-refractivity contribution in [2.45, 2.75) is 37.6 Å². The van der Waals surface area contributed by atoms with E-state index in [9.17, 15) is 5.11 Å². The van der Waals surface area contributed by atoms with Gasteiger partial charge in [0.05, 0.1) is 6.54 Å². The topological polar surface area (TPSA) is 32.3 Å². The van der Waals surface area contributed by atoms with Crippen molar-refractivity contribution in [3.63, 3.8) is 0 Å². The summed E-state index contributed by atoms with van der Waals surface area (Å²) in [6.07, 6.45) is 4.79. The summed E-state index contributed by atoms with van der Waals surface area (Å²) in [6.45, 7) is 0.753. The fraction of sp³-hybridized carbons (Fsp3) is 0.333. The minimum atomic E-state index is 0.348. The molecule has 3 rings (SSSR count). The Kier molecular flexibility index (Phi) is 5.34. The first kappa shape index (κ1) is 15.6. The fourth-order valence-corrected chi connectivity index (χ4v) is 3.24. The maximum atomic E-state index is 9.38. The summed E-state index contributed by atoms with van der Waals surface area (Å²) >= 11 is 0. The summed E-state index contributed by atoms with van der Waals surface area (Å²) in [4.78, 5) is 0. The van der Waals surface area contributed by atoms with E-state index in [0.29, 0.717) is 17.7 Å². The number of phenols is 1. The van der Waals surface area contributed by atoms with Crippen LogP contribution in [0.3, 0.4) is 0 Å². The molecule has 0 radical (unpaired) electrons. The Morgan fingerprint density at radius 2 is 1.61 bits per heavy atom. The second-order valence-electron chi connectivity index (χ2n) is 6.19. The molecule has 2 aromatic rings. The maximum absolute atomic E-state index is 9.38. The van der Waals surface area contributed by atoms with Crippen molar-refractivity contribution in [3.8, 4) is 17.6 Å². The highest BCUT2D eigenvalue weighted by molar-refractivity contribution is 5.33. The molecular formula is C21H23NO. The average molecular weight is 305 g/mol. The number of benzene rings is 2. The van der Waals surface area contributed by atoms with Crippen molar-refractivity contribution < 1.29 is 5.11 Å². The summed E-state index contributed by atoms with van der Waals surface area (Å²) in [7, 11) is 0. The summed E-state index contributed by atoms with van der Waals surface area (Å²) < 4.78 is 0. The van der Waals surface area contributed by atoms with Gasteiger partial charge in [0, 0.05) is 11.6 Å². The third kappa shape index (κ3) is 4.61. The third-order valence-electron chi connectivity index (χ3n) is 4.58. The van der Waals surface area contributed by atoms with E-state index in [4.69, 9.17) is 0 Å². The highest BCUT2D eigenvalue weighted by atomic mass is 16.3. The molecule has 23 heavy (non-hydrogen) atoms. The molecule has 2 aromatic carbocycles. The minimum absolute atomic E-state index is 0.348. The van der Waals surface area contributed by atoms with Gasteiger partial charge in [-0.3, -0.25) is 0 Å². The minimum Gasteiger partial charge on any atom is -0.508 e. The molecule has 0 unspecified atom stereocenters. The van der Waals surface area contributed by atoms with Crippen molar-refractivity contribution in [1.29, 1.82) is 0 Å². The first-order valence-corrected chi connectivity index (χ1v) is 8.37. The number of hydrogen-bond donors (Lipinski definition) is 2. The van der Waals surface area contributed by atoms with Gasteiger partial charge in [-0.15, -0.1) is 0 Å². The molecule has 0 aliphatic heterocycles. The largest absolute Gasteiger partial charge is 0.508 e. The van der Waals surface area contributed by atoms with E-state index >= 15 is 0 Å². The molecule has 2 nitrogen and oxygen atoms in total. The molecule has 1 aliphatic rings. The lowest BCUT2D eigenvalue weighted by atomic mass is 9.82. The van der Waals surface area contributed by atoms with Crippen LogP contribution in [0, 0.1) is 11.8 Å². The van der Waals surface area contributed by atoms with Gasteiger partial charge in [-0.1, -0.05) is 42.2 Å². The number of aromatic hydroxyl groups is 1. The van der Waals surface area contributed by atoms with Crippen LogP contribution < -0.4 is 5.32 Å². The summed E-state index contributed by atoms with van der Waals surface area (Å²) in [6, 6.07) is 18.4. The van der Waals surface area contributed by atoms with Gasteiger partial charge in [0.1, 0.15) is 5.75 Å². The zero-order valence-electron chi connectivity index (χ0n) is 13.3. The van der Waals surface area contributed by atoms with Crippen molar-refractivity contribution >= 4 is 0 Å². The monoisotopic (exact) mass is 305 g/mol. The van der Waals surface area contributed by atoms with Crippen molar-refractivity contribution in [2.75, 3.05) is 6.54 Å². The second kappa shape index (κ2) is 7.85. The quantitative estimate of drug-likeness (QED) is 0.838. The van der Waals surface area contributed by atoms with Gasteiger partial charge in [-0.2, -0.15) is 0 Å². The Labute approximate surface area is 138 Å². The van der Waals surface area contributed by atoms with E-state index in [1.807, 2.05) is 30.3 Å². The Morgan fingerprint density at radius 1 is 0.913 bits per heavy atom. The molecule has 0 atom stereocenters. The van der Waals surface area contributed by atoms with Crippen LogP contribution in [0.15, 0.2) is 54.6 Å². The van der Waals surface area contributed by atoms with E-state index in [2.05, 4.69) is 29.3 Å². The third-order valence-corrected chi connectivity index (χ3v) is 4.58. The van der Waals surface area contributed by atoms with E-state index in [-0.39, 0.29) is 0 Å². The Bertz CT molecular complexity index is 658. The molecule has 0 bridgehead atoms. The van der Waals surface area contributed by atoms with Crippen LogP contribution in [0.5, 0.6) is 5.75 Å². The van der Waals surface area contributed by atoms with Gasteiger partial charge in [0.25, 0.3) is 0 Å². The smallest absolute Gasteiger partial charge is 0.115 e. The standard InChI is InChI=1S/C21H23NO/c23-21-14-10-19(11-15-21)18-8-12-20(13-9-18)22-16-4-7-17-5-2-1-3-6-17/h1-3,5-6,10-11,14-15,18,20,22-23H,8-9,12-13,16H2. The highest BCUT2D eigenvalue weighted by Crippen LogP contribution is 2.33. The van der Waals surface area contributed by atoms with Crippen LogP contribution in [0.1, 0.15) is 42.7 Å². The lowest BCUT2D eigenvalue weighted by Crippen LogP contribution is -2.32. The molecule has 118 valence electrons. The average Bonchev–Trinajstić information content (AvgIpc) is 2.61. The van der Waals surface area contributed by atoms with Crippen LogP contribution in [-0.4, -0.2) is 17.7 Å². The van der Waals surface area contributed by atoms with Crippen LogP contribution in [-0.2, 0) is 0 Å². The molecule has 0 spiro atoms. The lowest BCUT2D eigenvalue weighted by Gasteiger charge is -2.29. The van der Waals surface area contributed by atoms with E-state index in [1.54, 1.807) is 12.1 Å². The number of nitrogens with one attached hydrogen (secondary N) is 1.